The Morgan fingerprint density at radius 1 is 1.15 bits per heavy atom. The highest BCUT2D eigenvalue weighted by Crippen LogP contribution is 2.25. The second-order valence-electron chi connectivity index (χ2n) is 5.69. The normalized spacial score (nSPS) is 10.5. The minimum Gasteiger partial charge on any atom is -0.497 e. The maximum Gasteiger partial charge on any atom is 0.258 e. The fourth-order valence-corrected chi connectivity index (χ4v) is 2.70. The van der Waals surface area contributed by atoms with Crippen LogP contribution in [0.2, 0.25) is 0 Å². The van der Waals surface area contributed by atoms with Gasteiger partial charge in [0.1, 0.15) is 11.5 Å². The SMILES string of the molecule is COc1ccc(OC)c(CCC(=O)Nc2ccc3nc[nH]c(=O)c3c2)c1. The first kappa shape index (κ1) is 17.5. The summed E-state index contributed by atoms with van der Waals surface area (Å²) in [6.45, 7) is 0. The first-order chi connectivity index (χ1) is 12.6. The van der Waals surface area contributed by atoms with Gasteiger partial charge in [-0.1, -0.05) is 0 Å². The van der Waals surface area contributed by atoms with Crippen molar-refractivity contribution in [1.82, 2.24) is 9.97 Å². The second-order valence-corrected chi connectivity index (χ2v) is 5.69. The van der Waals surface area contributed by atoms with Gasteiger partial charge in [0.05, 0.1) is 31.4 Å². The Hall–Kier alpha value is -3.35. The number of rotatable bonds is 6. The van der Waals surface area contributed by atoms with E-state index in [1.165, 1.54) is 6.33 Å². The smallest absolute Gasteiger partial charge is 0.258 e. The van der Waals surface area contributed by atoms with Gasteiger partial charge in [-0.05, 0) is 48.4 Å². The average molecular weight is 353 g/mol. The average Bonchev–Trinajstić information content (AvgIpc) is 2.66. The van der Waals surface area contributed by atoms with Crippen molar-refractivity contribution in [3.63, 3.8) is 0 Å². The number of methoxy groups -OCH3 is 2. The van der Waals surface area contributed by atoms with E-state index in [4.69, 9.17) is 9.47 Å². The Bertz CT molecular complexity index is 997. The highest BCUT2D eigenvalue weighted by Gasteiger charge is 2.09. The quantitative estimate of drug-likeness (QED) is 0.710. The molecule has 0 aliphatic heterocycles. The molecule has 1 amide bonds. The number of ether oxygens (including phenoxy) is 2. The predicted molar refractivity (Wildman–Crippen MR) is 98.9 cm³/mol. The first-order valence-electron chi connectivity index (χ1n) is 8.09. The van der Waals surface area contributed by atoms with Crippen molar-refractivity contribution in [2.24, 2.45) is 0 Å². The van der Waals surface area contributed by atoms with Crippen molar-refractivity contribution < 1.29 is 14.3 Å². The van der Waals surface area contributed by atoms with Gasteiger partial charge in [-0.15, -0.1) is 0 Å². The van der Waals surface area contributed by atoms with Crippen LogP contribution in [-0.4, -0.2) is 30.1 Å². The van der Waals surface area contributed by atoms with E-state index in [9.17, 15) is 9.59 Å². The molecule has 0 saturated carbocycles. The third-order valence-electron chi connectivity index (χ3n) is 4.03. The third-order valence-corrected chi connectivity index (χ3v) is 4.03. The van der Waals surface area contributed by atoms with E-state index in [1.54, 1.807) is 32.4 Å². The number of hydrogen-bond donors (Lipinski definition) is 2. The number of aromatic amines is 1. The van der Waals surface area contributed by atoms with E-state index >= 15 is 0 Å². The van der Waals surface area contributed by atoms with E-state index in [0.717, 1.165) is 5.56 Å². The maximum atomic E-state index is 12.3. The monoisotopic (exact) mass is 353 g/mol. The molecule has 0 radical (unpaired) electrons. The fraction of sp³-hybridized carbons (Fsp3) is 0.211. The van der Waals surface area contributed by atoms with Gasteiger partial charge < -0.3 is 19.8 Å². The number of anilines is 1. The standard InChI is InChI=1S/C19H19N3O4/c1-25-14-5-7-17(26-2)12(9-14)3-8-18(23)22-13-4-6-16-15(10-13)19(24)21-11-20-16/h4-7,9-11H,3,8H2,1-2H3,(H,22,23)(H,20,21,24). The highest BCUT2D eigenvalue weighted by molar-refractivity contribution is 5.93. The minimum absolute atomic E-state index is 0.158. The van der Waals surface area contributed by atoms with Crippen molar-refractivity contribution >= 4 is 22.5 Å². The number of benzene rings is 2. The van der Waals surface area contributed by atoms with Gasteiger partial charge in [0.25, 0.3) is 5.56 Å². The number of carbonyl (C=O) groups excluding carboxylic acids is 1. The molecule has 1 aromatic heterocycles. The summed E-state index contributed by atoms with van der Waals surface area (Å²) >= 11 is 0. The van der Waals surface area contributed by atoms with Crippen LogP contribution in [0.15, 0.2) is 47.5 Å². The summed E-state index contributed by atoms with van der Waals surface area (Å²) < 4.78 is 10.5. The lowest BCUT2D eigenvalue weighted by atomic mass is 10.1. The number of fused-ring (bicyclic) bond motifs is 1. The van der Waals surface area contributed by atoms with Crippen LogP contribution in [0.25, 0.3) is 10.9 Å². The van der Waals surface area contributed by atoms with E-state index in [1.807, 2.05) is 18.2 Å². The Morgan fingerprint density at radius 3 is 2.77 bits per heavy atom. The lowest BCUT2D eigenvalue weighted by Gasteiger charge is -2.11. The van der Waals surface area contributed by atoms with Crippen LogP contribution >= 0.6 is 0 Å². The maximum absolute atomic E-state index is 12.3. The van der Waals surface area contributed by atoms with Crippen molar-refractivity contribution in [1.29, 1.82) is 0 Å². The highest BCUT2D eigenvalue weighted by atomic mass is 16.5. The van der Waals surface area contributed by atoms with E-state index < -0.39 is 0 Å². The number of carbonyl (C=O) groups is 1. The fourth-order valence-electron chi connectivity index (χ4n) is 2.70. The molecule has 2 aromatic carbocycles. The van der Waals surface area contributed by atoms with Crippen molar-refractivity contribution in [2.75, 3.05) is 19.5 Å². The molecule has 7 heteroatoms. The molecule has 134 valence electrons. The van der Waals surface area contributed by atoms with Crippen LogP contribution < -0.4 is 20.3 Å². The molecule has 0 aliphatic rings. The summed E-state index contributed by atoms with van der Waals surface area (Å²) in [6.07, 6.45) is 2.12. The van der Waals surface area contributed by atoms with Crippen LogP contribution in [-0.2, 0) is 11.2 Å². The lowest BCUT2D eigenvalue weighted by Crippen LogP contribution is -2.13. The summed E-state index contributed by atoms with van der Waals surface area (Å²) in [7, 11) is 3.18. The zero-order valence-electron chi connectivity index (χ0n) is 14.5. The zero-order chi connectivity index (χ0) is 18.5. The molecule has 0 atom stereocenters. The van der Waals surface area contributed by atoms with E-state index in [0.29, 0.717) is 34.5 Å². The van der Waals surface area contributed by atoms with Gasteiger partial charge in [-0.2, -0.15) is 0 Å². The van der Waals surface area contributed by atoms with Crippen LogP contribution in [0.3, 0.4) is 0 Å². The molecule has 3 rings (SSSR count). The third kappa shape index (κ3) is 3.83. The zero-order valence-corrected chi connectivity index (χ0v) is 14.5. The molecule has 1 heterocycles. The number of hydrogen-bond acceptors (Lipinski definition) is 5. The van der Waals surface area contributed by atoms with Gasteiger partial charge in [0.15, 0.2) is 0 Å². The topological polar surface area (TPSA) is 93.3 Å². The van der Waals surface area contributed by atoms with E-state index in [-0.39, 0.29) is 17.9 Å². The molecular formula is C19H19N3O4. The molecule has 0 unspecified atom stereocenters. The van der Waals surface area contributed by atoms with Crippen LogP contribution in [0.4, 0.5) is 5.69 Å². The number of nitrogens with zero attached hydrogens (tertiary/aromatic N) is 1. The molecule has 0 spiro atoms. The van der Waals surface area contributed by atoms with Crippen molar-refractivity contribution in [3.05, 3.63) is 58.6 Å². The van der Waals surface area contributed by atoms with E-state index in [2.05, 4.69) is 15.3 Å². The number of amides is 1. The summed E-state index contributed by atoms with van der Waals surface area (Å²) in [5, 5.41) is 3.24. The summed E-state index contributed by atoms with van der Waals surface area (Å²) in [5.41, 5.74) is 1.78. The summed E-state index contributed by atoms with van der Waals surface area (Å²) in [6, 6.07) is 10.5. The number of H-pyrrole nitrogens is 1. The molecule has 3 aromatic rings. The number of aryl methyl sites for hydroxylation is 1. The van der Waals surface area contributed by atoms with Crippen molar-refractivity contribution in [3.8, 4) is 11.5 Å². The lowest BCUT2D eigenvalue weighted by molar-refractivity contribution is -0.116. The Balaban J connectivity index is 1.70. The van der Waals surface area contributed by atoms with Gasteiger partial charge in [0.2, 0.25) is 5.91 Å². The molecular weight excluding hydrogens is 334 g/mol. The number of aromatic nitrogens is 2. The molecule has 0 saturated heterocycles. The molecule has 0 aliphatic carbocycles. The molecule has 26 heavy (non-hydrogen) atoms. The van der Waals surface area contributed by atoms with Crippen LogP contribution in [0, 0.1) is 0 Å². The van der Waals surface area contributed by atoms with Gasteiger partial charge in [-0.25, -0.2) is 4.98 Å². The largest absolute Gasteiger partial charge is 0.497 e. The summed E-state index contributed by atoms with van der Waals surface area (Å²) in [5.74, 6) is 1.26. The van der Waals surface area contributed by atoms with Crippen molar-refractivity contribution in [2.45, 2.75) is 12.8 Å². The predicted octanol–water partition coefficient (Wildman–Crippen LogP) is 2.51. The Morgan fingerprint density at radius 2 is 2.00 bits per heavy atom. The molecule has 2 N–H and O–H groups in total. The van der Waals surface area contributed by atoms with Crippen LogP contribution in [0.5, 0.6) is 11.5 Å². The molecule has 0 bridgehead atoms. The second kappa shape index (κ2) is 7.69. The Labute approximate surface area is 150 Å². The molecule has 7 nitrogen and oxygen atoms in total. The van der Waals surface area contributed by atoms with Crippen LogP contribution in [0.1, 0.15) is 12.0 Å². The molecule has 0 fully saturated rings. The summed E-state index contributed by atoms with van der Waals surface area (Å²) in [4.78, 5) is 30.7. The minimum atomic E-state index is -0.243. The van der Waals surface area contributed by atoms with Gasteiger partial charge in [0, 0.05) is 12.1 Å². The van der Waals surface area contributed by atoms with Gasteiger partial charge >= 0.3 is 0 Å². The van der Waals surface area contributed by atoms with Gasteiger partial charge in [-0.3, -0.25) is 9.59 Å². The number of nitrogens with one attached hydrogen (secondary N) is 2. The Kier molecular flexibility index (Phi) is 5.17. The first-order valence-corrected chi connectivity index (χ1v) is 8.09.